The molecule has 1 saturated heterocycles. The van der Waals surface area contributed by atoms with E-state index in [1.165, 1.54) is 18.4 Å². The molecule has 1 heterocycles. The highest BCUT2D eigenvalue weighted by Crippen LogP contribution is 2.20. The van der Waals surface area contributed by atoms with Crippen molar-refractivity contribution in [3.8, 4) is 5.75 Å². The van der Waals surface area contributed by atoms with Gasteiger partial charge in [-0.15, -0.1) is 0 Å². The largest absolute Gasteiger partial charge is 0.493 e. The van der Waals surface area contributed by atoms with Crippen LogP contribution >= 0.6 is 0 Å². The van der Waals surface area contributed by atoms with Crippen molar-refractivity contribution >= 4 is 0 Å². The second kappa shape index (κ2) is 6.76. The van der Waals surface area contributed by atoms with E-state index in [2.05, 4.69) is 35.8 Å². The van der Waals surface area contributed by atoms with Crippen LogP contribution in [0.1, 0.15) is 31.4 Å². The Kier molecular flexibility index (Phi) is 5.02. The number of ether oxygens (including phenoxy) is 1. The molecular weight excluding hydrogens is 224 g/mol. The quantitative estimate of drug-likeness (QED) is 0.839. The van der Waals surface area contributed by atoms with Gasteiger partial charge in [0, 0.05) is 6.04 Å². The summed E-state index contributed by atoms with van der Waals surface area (Å²) >= 11 is 0. The van der Waals surface area contributed by atoms with Crippen LogP contribution in [0.15, 0.2) is 24.3 Å². The topological polar surface area (TPSA) is 33.3 Å². The van der Waals surface area contributed by atoms with Gasteiger partial charge in [-0.1, -0.05) is 12.1 Å². The van der Waals surface area contributed by atoms with Crippen LogP contribution < -0.4 is 15.4 Å². The van der Waals surface area contributed by atoms with Gasteiger partial charge in [-0.2, -0.15) is 0 Å². The average molecular weight is 248 g/mol. The summed E-state index contributed by atoms with van der Waals surface area (Å²) < 4.78 is 5.93. The van der Waals surface area contributed by atoms with E-state index in [1.54, 1.807) is 0 Å². The van der Waals surface area contributed by atoms with Gasteiger partial charge in [-0.25, -0.2) is 0 Å². The molecule has 0 bridgehead atoms. The fourth-order valence-corrected chi connectivity index (χ4v) is 2.30. The molecule has 2 rings (SSSR count). The van der Waals surface area contributed by atoms with Crippen LogP contribution in [-0.2, 0) is 0 Å². The zero-order valence-electron chi connectivity index (χ0n) is 11.4. The third kappa shape index (κ3) is 3.72. The van der Waals surface area contributed by atoms with Gasteiger partial charge in [0.15, 0.2) is 0 Å². The molecule has 0 aromatic heterocycles. The van der Waals surface area contributed by atoms with Gasteiger partial charge in [0.2, 0.25) is 0 Å². The van der Waals surface area contributed by atoms with Crippen molar-refractivity contribution in [1.29, 1.82) is 0 Å². The Morgan fingerprint density at radius 1 is 1.39 bits per heavy atom. The molecule has 3 nitrogen and oxygen atoms in total. The van der Waals surface area contributed by atoms with E-state index in [4.69, 9.17) is 4.74 Å². The molecular formula is C15H24N2O. The van der Waals surface area contributed by atoms with Crippen molar-refractivity contribution in [3.05, 3.63) is 29.8 Å². The van der Waals surface area contributed by atoms with Crippen LogP contribution in [0.5, 0.6) is 5.75 Å². The van der Waals surface area contributed by atoms with Crippen LogP contribution in [0.25, 0.3) is 0 Å². The highest BCUT2D eigenvalue weighted by Gasteiger charge is 2.13. The molecule has 0 spiro atoms. The maximum absolute atomic E-state index is 5.93. The van der Waals surface area contributed by atoms with Crippen molar-refractivity contribution in [2.24, 2.45) is 5.92 Å². The Balaban J connectivity index is 1.88. The number of benzene rings is 1. The Bertz CT molecular complexity index is 361. The fourth-order valence-electron chi connectivity index (χ4n) is 2.30. The Labute approximate surface area is 110 Å². The molecule has 0 amide bonds. The first kappa shape index (κ1) is 13.4. The van der Waals surface area contributed by atoms with Crippen LogP contribution in [0.3, 0.4) is 0 Å². The molecule has 18 heavy (non-hydrogen) atoms. The maximum Gasteiger partial charge on any atom is 0.119 e. The van der Waals surface area contributed by atoms with E-state index in [-0.39, 0.29) is 0 Å². The summed E-state index contributed by atoms with van der Waals surface area (Å²) in [5.41, 5.74) is 1.28. The zero-order valence-corrected chi connectivity index (χ0v) is 11.4. The molecule has 1 aliphatic rings. The highest BCUT2D eigenvalue weighted by atomic mass is 16.5. The first-order valence-electron chi connectivity index (χ1n) is 6.90. The minimum Gasteiger partial charge on any atom is -0.493 e. The molecule has 3 heteroatoms. The number of piperidine rings is 1. The third-order valence-corrected chi connectivity index (χ3v) is 3.74. The molecule has 1 aromatic rings. The van der Waals surface area contributed by atoms with Crippen molar-refractivity contribution in [1.82, 2.24) is 10.6 Å². The first-order chi connectivity index (χ1) is 8.79. The molecule has 1 unspecified atom stereocenters. The van der Waals surface area contributed by atoms with Gasteiger partial charge in [-0.05, 0) is 63.5 Å². The average Bonchev–Trinajstić information content (AvgIpc) is 2.45. The second-order valence-corrected chi connectivity index (χ2v) is 5.09. The van der Waals surface area contributed by atoms with Crippen molar-refractivity contribution in [2.45, 2.75) is 25.8 Å². The summed E-state index contributed by atoms with van der Waals surface area (Å²) in [7, 11) is 1.98. The summed E-state index contributed by atoms with van der Waals surface area (Å²) in [6, 6.07) is 8.77. The van der Waals surface area contributed by atoms with E-state index in [0.29, 0.717) is 12.0 Å². The monoisotopic (exact) mass is 248 g/mol. The molecule has 1 aliphatic heterocycles. The van der Waals surface area contributed by atoms with E-state index in [9.17, 15) is 0 Å². The molecule has 1 fully saturated rings. The third-order valence-electron chi connectivity index (χ3n) is 3.74. The lowest BCUT2D eigenvalue weighted by molar-refractivity contribution is 0.215. The van der Waals surface area contributed by atoms with E-state index < -0.39 is 0 Å². The van der Waals surface area contributed by atoms with Crippen LogP contribution in [-0.4, -0.2) is 26.7 Å². The lowest BCUT2D eigenvalue weighted by Crippen LogP contribution is -2.30. The van der Waals surface area contributed by atoms with Crippen molar-refractivity contribution < 1.29 is 4.74 Å². The fraction of sp³-hybridized carbons (Fsp3) is 0.600. The molecule has 0 radical (unpaired) electrons. The molecule has 100 valence electrons. The number of hydrogen-bond donors (Lipinski definition) is 2. The van der Waals surface area contributed by atoms with Gasteiger partial charge < -0.3 is 15.4 Å². The predicted octanol–water partition coefficient (Wildman–Crippen LogP) is 2.35. The first-order valence-corrected chi connectivity index (χ1v) is 6.90. The Morgan fingerprint density at radius 3 is 2.89 bits per heavy atom. The lowest BCUT2D eigenvalue weighted by Gasteiger charge is -2.23. The minimum atomic E-state index is 0.368. The van der Waals surface area contributed by atoms with Crippen molar-refractivity contribution in [3.63, 3.8) is 0 Å². The van der Waals surface area contributed by atoms with Crippen LogP contribution in [0, 0.1) is 5.92 Å². The molecule has 1 atom stereocenters. The molecule has 2 N–H and O–H groups in total. The van der Waals surface area contributed by atoms with Crippen LogP contribution in [0.2, 0.25) is 0 Å². The van der Waals surface area contributed by atoms with Gasteiger partial charge in [0.1, 0.15) is 5.75 Å². The standard InChI is InChI=1S/C15H24N2O/c1-12(16-2)14-4-3-5-15(10-14)18-11-13-6-8-17-9-7-13/h3-5,10,12-13,16-17H,6-9,11H2,1-2H3. The molecule has 0 aliphatic carbocycles. The van der Waals surface area contributed by atoms with E-state index in [1.807, 2.05) is 13.1 Å². The Morgan fingerprint density at radius 2 is 2.17 bits per heavy atom. The smallest absolute Gasteiger partial charge is 0.119 e. The van der Waals surface area contributed by atoms with Gasteiger partial charge in [0.05, 0.1) is 6.61 Å². The van der Waals surface area contributed by atoms with Crippen LogP contribution in [0.4, 0.5) is 0 Å². The normalized spacial score (nSPS) is 18.6. The van der Waals surface area contributed by atoms with Gasteiger partial charge in [-0.3, -0.25) is 0 Å². The SMILES string of the molecule is CNC(C)c1cccc(OCC2CCNCC2)c1. The molecule has 0 saturated carbocycles. The Hall–Kier alpha value is -1.06. The number of nitrogens with one attached hydrogen (secondary N) is 2. The highest BCUT2D eigenvalue weighted by molar-refractivity contribution is 5.30. The summed E-state index contributed by atoms with van der Waals surface area (Å²) in [5.74, 6) is 1.70. The number of hydrogen-bond acceptors (Lipinski definition) is 3. The summed E-state index contributed by atoms with van der Waals surface area (Å²) in [6.45, 7) is 5.26. The second-order valence-electron chi connectivity index (χ2n) is 5.09. The van der Waals surface area contributed by atoms with Gasteiger partial charge >= 0.3 is 0 Å². The summed E-state index contributed by atoms with van der Waals surface area (Å²) in [4.78, 5) is 0. The van der Waals surface area contributed by atoms with E-state index >= 15 is 0 Å². The summed E-state index contributed by atoms with van der Waals surface area (Å²) in [6.07, 6.45) is 2.46. The molecule has 1 aromatic carbocycles. The minimum absolute atomic E-state index is 0.368. The lowest BCUT2D eigenvalue weighted by atomic mass is 9.99. The number of rotatable bonds is 5. The zero-order chi connectivity index (χ0) is 12.8. The van der Waals surface area contributed by atoms with Gasteiger partial charge in [0.25, 0.3) is 0 Å². The van der Waals surface area contributed by atoms with Crippen molar-refractivity contribution in [2.75, 3.05) is 26.7 Å². The summed E-state index contributed by atoms with van der Waals surface area (Å²) in [5, 5.41) is 6.63. The maximum atomic E-state index is 5.93. The van der Waals surface area contributed by atoms with E-state index in [0.717, 1.165) is 25.4 Å². The predicted molar refractivity (Wildman–Crippen MR) is 75.0 cm³/mol.